The molecule has 8 nitrogen and oxygen atoms in total. The van der Waals surface area contributed by atoms with Crippen LogP contribution in [0.2, 0.25) is 5.02 Å². The molecule has 7 unspecified atom stereocenters. The van der Waals surface area contributed by atoms with E-state index in [4.69, 9.17) is 30.9 Å². The minimum Gasteiger partial charge on any atom is -0.491 e. The summed E-state index contributed by atoms with van der Waals surface area (Å²) in [4.78, 5) is 15.9. The van der Waals surface area contributed by atoms with E-state index in [1.54, 1.807) is 6.07 Å². The fourth-order valence-electron chi connectivity index (χ4n) is 7.79. The highest BCUT2D eigenvalue weighted by Crippen LogP contribution is 2.47. The Kier molecular flexibility index (Phi) is 13.0. The Hall–Kier alpha value is -2.17. The summed E-state index contributed by atoms with van der Waals surface area (Å²) in [6.07, 6.45) is 8.14. The minimum absolute atomic E-state index is 0.147. The SMILES string of the molecule is CCCc1cc(Cl)ccc1C1COc2ccc3cc2N(C1)CC1CCC1C(C1OCCCO1)CCCC(C)C(C)S(=O)NC3=O.CO. The lowest BCUT2D eigenvalue weighted by molar-refractivity contribution is -0.224. The average Bonchev–Trinajstić information content (AvgIpc) is 3.25. The number of nitrogens with one attached hydrogen (secondary N) is 1. The Bertz CT molecular complexity index is 1370. The maximum atomic E-state index is 13.4. The van der Waals surface area contributed by atoms with Crippen LogP contribution in [-0.2, 0) is 26.9 Å². The maximum Gasteiger partial charge on any atom is 0.263 e. The van der Waals surface area contributed by atoms with Crippen LogP contribution in [0, 0.1) is 23.7 Å². The van der Waals surface area contributed by atoms with Crippen LogP contribution in [0.3, 0.4) is 0 Å². The van der Waals surface area contributed by atoms with Crippen LogP contribution in [0.15, 0.2) is 36.4 Å². The summed E-state index contributed by atoms with van der Waals surface area (Å²) >= 11 is 6.45. The molecule has 1 saturated carbocycles. The molecule has 6 rings (SSSR count). The first kappa shape index (κ1) is 36.1. The second kappa shape index (κ2) is 17.0. The predicted octanol–water partition coefficient (Wildman–Crippen LogP) is 6.89. The van der Waals surface area contributed by atoms with E-state index in [0.717, 1.165) is 88.4 Å². The minimum atomic E-state index is -1.49. The number of aryl methyl sites for hydroxylation is 1. The molecular weight excluding hydrogens is 636 g/mol. The van der Waals surface area contributed by atoms with Gasteiger partial charge in [-0.15, -0.1) is 0 Å². The van der Waals surface area contributed by atoms with E-state index in [-0.39, 0.29) is 29.3 Å². The van der Waals surface area contributed by atoms with Gasteiger partial charge < -0.3 is 24.2 Å². The lowest BCUT2D eigenvalue weighted by atomic mass is 9.65. The molecule has 4 aliphatic rings. The topological polar surface area (TPSA) is 97.3 Å². The number of hydrogen-bond acceptors (Lipinski definition) is 7. The maximum absolute atomic E-state index is 13.4. The first-order chi connectivity index (χ1) is 22.8. The molecule has 0 aromatic heterocycles. The number of amides is 1. The van der Waals surface area contributed by atoms with E-state index >= 15 is 0 Å². The van der Waals surface area contributed by atoms with E-state index in [9.17, 15) is 9.00 Å². The number of rotatable bonds is 4. The number of carbonyl (C=O) groups excluding carboxylic acids is 1. The molecule has 0 spiro atoms. The van der Waals surface area contributed by atoms with Gasteiger partial charge in [-0.3, -0.25) is 9.52 Å². The van der Waals surface area contributed by atoms with E-state index in [2.05, 4.69) is 35.6 Å². The summed E-state index contributed by atoms with van der Waals surface area (Å²) in [6, 6.07) is 11.9. The van der Waals surface area contributed by atoms with E-state index < -0.39 is 11.0 Å². The fourth-order valence-corrected chi connectivity index (χ4v) is 9.03. The smallest absolute Gasteiger partial charge is 0.263 e. The Balaban J connectivity index is 0.00000213. The second-order valence-corrected chi connectivity index (χ2v) is 15.6. The third-order valence-electron chi connectivity index (χ3n) is 10.7. The quantitative estimate of drug-likeness (QED) is 0.361. The largest absolute Gasteiger partial charge is 0.491 e. The molecule has 2 fully saturated rings. The number of hydrogen-bond donors (Lipinski definition) is 2. The van der Waals surface area contributed by atoms with Crippen molar-refractivity contribution in [2.45, 2.75) is 89.6 Å². The van der Waals surface area contributed by atoms with Crippen molar-refractivity contribution in [3.63, 3.8) is 0 Å². The lowest BCUT2D eigenvalue weighted by Crippen LogP contribution is -2.47. The molecule has 1 saturated heterocycles. The standard InChI is InChI=1S/C36H49ClN2O5S.CH4O/c1-4-7-25-18-29(37)12-14-30(25)28-21-39-20-27-10-13-31(27)32(36-42-16-6-17-43-36)9-5-8-23(2)24(3)45(41)38-35(40)26-11-15-34(44-22-28)33(39)19-26;1-2/h11-12,14-15,18-19,23-24,27-28,31-32,36H,4-10,13,16-17,20-22H2,1-3H3,(H,38,40);2H,1H3. The molecule has 260 valence electrons. The zero-order valence-corrected chi connectivity index (χ0v) is 30.0. The van der Waals surface area contributed by atoms with Crippen LogP contribution in [0.1, 0.15) is 93.1 Å². The zero-order valence-electron chi connectivity index (χ0n) is 28.4. The first-order valence-electron chi connectivity index (χ1n) is 17.5. The van der Waals surface area contributed by atoms with Gasteiger partial charge in [0, 0.05) is 42.6 Å². The molecule has 10 heteroatoms. The molecule has 2 N–H and O–H groups in total. The molecule has 2 bridgehead atoms. The number of nitrogens with zero attached hydrogens (tertiary/aromatic N) is 1. The average molecular weight is 689 g/mol. The summed E-state index contributed by atoms with van der Waals surface area (Å²) in [7, 11) is -0.489. The number of fused-ring (bicyclic) bond motifs is 2. The Labute approximate surface area is 288 Å². The van der Waals surface area contributed by atoms with Crippen molar-refractivity contribution in [1.82, 2.24) is 4.72 Å². The highest BCUT2D eigenvalue weighted by atomic mass is 35.5. The van der Waals surface area contributed by atoms with Crippen molar-refractivity contribution < 1.29 is 28.3 Å². The Morgan fingerprint density at radius 1 is 0.979 bits per heavy atom. The number of halogens is 1. The Morgan fingerprint density at radius 2 is 1.77 bits per heavy atom. The number of carbonyl (C=O) groups is 1. The van der Waals surface area contributed by atoms with Crippen molar-refractivity contribution in [2.24, 2.45) is 23.7 Å². The van der Waals surface area contributed by atoms with Crippen LogP contribution in [0.4, 0.5) is 5.69 Å². The normalized spacial score (nSPS) is 30.4. The molecule has 2 aromatic carbocycles. The molecule has 3 aliphatic heterocycles. The van der Waals surface area contributed by atoms with Crippen LogP contribution >= 0.6 is 11.6 Å². The summed E-state index contributed by atoms with van der Waals surface area (Å²) < 4.78 is 35.1. The molecule has 1 aliphatic carbocycles. The highest BCUT2D eigenvalue weighted by molar-refractivity contribution is 7.84. The van der Waals surface area contributed by atoms with Gasteiger partial charge >= 0.3 is 0 Å². The van der Waals surface area contributed by atoms with Crippen molar-refractivity contribution in [3.05, 3.63) is 58.1 Å². The third kappa shape index (κ3) is 8.53. The molecule has 47 heavy (non-hydrogen) atoms. The first-order valence-corrected chi connectivity index (χ1v) is 19.1. The summed E-state index contributed by atoms with van der Waals surface area (Å²) in [5, 5.41) is 7.61. The number of anilines is 1. The van der Waals surface area contributed by atoms with Gasteiger partial charge in [-0.05, 0) is 105 Å². The van der Waals surface area contributed by atoms with Crippen LogP contribution in [0.5, 0.6) is 5.75 Å². The summed E-state index contributed by atoms with van der Waals surface area (Å²) in [5.74, 6) is 2.17. The van der Waals surface area contributed by atoms with Crippen molar-refractivity contribution in [1.29, 1.82) is 0 Å². The number of aliphatic hydroxyl groups excluding tert-OH is 1. The predicted molar refractivity (Wildman–Crippen MR) is 189 cm³/mol. The number of ether oxygens (including phenoxy) is 3. The van der Waals surface area contributed by atoms with Gasteiger partial charge in [-0.2, -0.15) is 0 Å². The van der Waals surface area contributed by atoms with Crippen LogP contribution in [0.25, 0.3) is 0 Å². The molecule has 7 atom stereocenters. The monoisotopic (exact) mass is 688 g/mol. The van der Waals surface area contributed by atoms with Crippen LogP contribution in [-0.4, -0.2) is 66.8 Å². The Morgan fingerprint density at radius 3 is 2.49 bits per heavy atom. The van der Waals surface area contributed by atoms with Gasteiger partial charge in [0.05, 0.1) is 30.8 Å². The van der Waals surface area contributed by atoms with Gasteiger partial charge in [0.1, 0.15) is 16.7 Å². The van der Waals surface area contributed by atoms with Crippen molar-refractivity contribution in [2.75, 3.05) is 44.9 Å². The van der Waals surface area contributed by atoms with Gasteiger partial charge in [-0.25, -0.2) is 4.21 Å². The molecule has 0 radical (unpaired) electrons. The second-order valence-electron chi connectivity index (χ2n) is 13.7. The summed E-state index contributed by atoms with van der Waals surface area (Å²) in [5.41, 5.74) is 4.00. The van der Waals surface area contributed by atoms with E-state index in [1.807, 2.05) is 25.1 Å². The van der Waals surface area contributed by atoms with Crippen LogP contribution < -0.4 is 14.4 Å². The van der Waals surface area contributed by atoms with Gasteiger partial charge in [-0.1, -0.05) is 44.4 Å². The lowest BCUT2D eigenvalue weighted by Gasteiger charge is -2.47. The molecule has 3 heterocycles. The summed E-state index contributed by atoms with van der Waals surface area (Å²) in [6.45, 7) is 10.0. The molecule has 2 aromatic rings. The third-order valence-corrected chi connectivity index (χ3v) is 12.5. The van der Waals surface area contributed by atoms with Gasteiger partial charge in [0.25, 0.3) is 5.91 Å². The van der Waals surface area contributed by atoms with Crippen molar-refractivity contribution >= 4 is 34.2 Å². The van der Waals surface area contributed by atoms with E-state index in [0.29, 0.717) is 29.9 Å². The number of aliphatic hydroxyl groups is 1. The molecule has 1 amide bonds. The van der Waals surface area contributed by atoms with E-state index in [1.165, 1.54) is 24.0 Å². The highest BCUT2D eigenvalue weighted by Gasteiger charge is 2.43. The van der Waals surface area contributed by atoms with Gasteiger partial charge in [0.15, 0.2) is 6.29 Å². The fraction of sp³-hybridized carbons (Fsp3) is 0.649. The van der Waals surface area contributed by atoms with Gasteiger partial charge in [0.2, 0.25) is 0 Å². The molecular formula is C37H53ClN2O6S. The zero-order chi connectivity index (χ0) is 33.5. The number of benzene rings is 2. The van der Waals surface area contributed by atoms with Crippen molar-refractivity contribution in [3.8, 4) is 5.75 Å².